The van der Waals surface area contributed by atoms with Gasteiger partial charge in [-0.1, -0.05) is 38.1 Å². The van der Waals surface area contributed by atoms with E-state index in [9.17, 15) is 14.4 Å². The minimum atomic E-state index is -0.632. The van der Waals surface area contributed by atoms with Crippen LogP contribution in [-0.2, 0) is 14.9 Å². The molecule has 11 heteroatoms. The summed E-state index contributed by atoms with van der Waals surface area (Å²) in [4.78, 5) is 42.7. The van der Waals surface area contributed by atoms with Gasteiger partial charge in [0.05, 0.1) is 12.4 Å². The molecule has 1 saturated carbocycles. The first-order chi connectivity index (χ1) is 19.8. The highest BCUT2D eigenvalue weighted by Crippen LogP contribution is 2.35. The number of hydrazine groups is 1. The van der Waals surface area contributed by atoms with E-state index < -0.39 is 23.5 Å². The van der Waals surface area contributed by atoms with Crippen LogP contribution < -0.4 is 25.6 Å². The second-order valence-electron chi connectivity index (χ2n) is 11.7. The van der Waals surface area contributed by atoms with Gasteiger partial charge in [-0.05, 0) is 56.2 Å². The third-order valence-electron chi connectivity index (χ3n) is 6.69. The van der Waals surface area contributed by atoms with E-state index in [4.69, 9.17) is 14.2 Å². The van der Waals surface area contributed by atoms with Crippen LogP contribution in [0.15, 0.2) is 60.9 Å². The molecule has 42 heavy (non-hydrogen) atoms. The Kier molecular flexibility index (Phi) is 8.99. The molecular weight excluding hydrogens is 538 g/mol. The van der Waals surface area contributed by atoms with Crippen molar-refractivity contribution in [2.24, 2.45) is 0 Å². The van der Waals surface area contributed by atoms with Crippen molar-refractivity contribution in [1.29, 1.82) is 0 Å². The third kappa shape index (κ3) is 8.18. The molecule has 4 rings (SSSR count). The lowest BCUT2D eigenvalue weighted by Crippen LogP contribution is -2.50. The van der Waals surface area contributed by atoms with E-state index in [2.05, 4.69) is 52.1 Å². The second kappa shape index (κ2) is 12.5. The number of alkyl carbamates (subject to hydrolysis) is 1. The number of hydrogen-bond donors (Lipinski definition) is 3. The van der Waals surface area contributed by atoms with Crippen molar-refractivity contribution in [2.45, 2.75) is 77.5 Å². The van der Waals surface area contributed by atoms with Gasteiger partial charge in [0.2, 0.25) is 11.7 Å². The molecular formula is C31H37N5O6. The Balaban J connectivity index is 1.28. The summed E-state index contributed by atoms with van der Waals surface area (Å²) in [7, 11) is 0. The third-order valence-corrected chi connectivity index (χ3v) is 6.69. The standard InChI is InChI=1S/C31H37N5O6/c1-19(37)35-36-28(38)27-32-17-26(18-33-27)41-24-13-9-21(10-14-24)31(5,6)20-7-11-23(12-8-20)40-25-15-22(16-25)34-29(39)42-30(2,3)4/h7-14,17-18,22,25H,15-16H2,1-6H3,(H,34,39)(H,35,37)(H,36,38). The van der Waals surface area contributed by atoms with E-state index >= 15 is 0 Å². The first-order valence-electron chi connectivity index (χ1n) is 13.7. The van der Waals surface area contributed by atoms with Gasteiger partial charge in [0.25, 0.3) is 0 Å². The number of nitrogens with one attached hydrogen (secondary N) is 3. The van der Waals surface area contributed by atoms with E-state index in [-0.39, 0.29) is 23.4 Å². The molecule has 0 spiro atoms. The average Bonchev–Trinajstić information content (AvgIpc) is 2.90. The summed E-state index contributed by atoms with van der Waals surface area (Å²) >= 11 is 0. The highest BCUT2D eigenvalue weighted by Gasteiger charge is 2.33. The Morgan fingerprint density at radius 2 is 1.33 bits per heavy atom. The summed E-state index contributed by atoms with van der Waals surface area (Å²) in [6.45, 7) is 11.1. The molecule has 11 nitrogen and oxygen atoms in total. The van der Waals surface area contributed by atoms with Crippen LogP contribution in [0.2, 0.25) is 0 Å². The number of amides is 3. The van der Waals surface area contributed by atoms with Crippen LogP contribution in [0.1, 0.15) is 76.1 Å². The summed E-state index contributed by atoms with van der Waals surface area (Å²) < 4.78 is 17.2. The van der Waals surface area contributed by atoms with Crippen LogP contribution in [0, 0.1) is 0 Å². The average molecular weight is 576 g/mol. The zero-order chi connectivity index (χ0) is 30.5. The number of carbonyl (C=O) groups excluding carboxylic acids is 3. The lowest BCUT2D eigenvalue weighted by Gasteiger charge is -2.36. The van der Waals surface area contributed by atoms with Gasteiger partial charge in [0, 0.05) is 31.2 Å². The largest absolute Gasteiger partial charge is 0.490 e. The molecule has 0 aliphatic heterocycles. The molecule has 3 N–H and O–H groups in total. The smallest absolute Gasteiger partial charge is 0.407 e. The summed E-state index contributed by atoms with van der Waals surface area (Å²) in [6, 6.07) is 15.9. The van der Waals surface area contributed by atoms with Crippen LogP contribution in [0.3, 0.4) is 0 Å². The Bertz CT molecular complexity index is 1390. The number of hydrogen-bond acceptors (Lipinski definition) is 8. The highest BCUT2D eigenvalue weighted by atomic mass is 16.6. The minimum absolute atomic E-state index is 0.0545. The van der Waals surface area contributed by atoms with Crippen molar-refractivity contribution in [3.05, 3.63) is 77.9 Å². The molecule has 3 amide bonds. The van der Waals surface area contributed by atoms with Gasteiger partial charge in [-0.2, -0.15) is 0 Å². The van der Waals surface area contributed by atoms with Crippen molar-refractivity contribution < 1.29 is 28.6 Å². The first-order valence-corrected chi connectivity index (χ1v) is 13.7. The Labute approximate surface area is 245 Å². The van der Waals surface area contributed by atoms with Crippen molar-refractivity contribution >= 4 is 17.9 Å². The fourth-order valence-electron chi connectivity index (χ4n) is 4.33. The second-order valence-corrected chi connectivity index (χ2v) is 11.7. The summed E-state index contributed by atoms with van der Waals surface area (Å²) in [5.41, 5.74) is 5.82. The monoisotopic (exact) mass is 575 g/mol. The quantitative estimate of drug-likeness (QED) is 0.325. The van der Waals surface area contributed by atoms with Crippen molar-refractivity contribution in [1.82, 2.24) is 26.1 Å². The molecule has 1 aromatic heterocycles. The van der Waals surface area contributed by atoms with E-state index in [0.717, 1.165) is 29.7 Å². The van der Waals surface area contributed by atoms with Crippen molar-refractivity contribution in [2.75, 3.05) is 0 Å². The predicted octanol–water partition coefficient (Wildman–Crippen LogP) is 4.81. The SMILES string of the molecule is CC(=O)NNC(=O)c1ncc(Oc2ccc(C(C)(C)c3ccc(OC4CC(NC(=O)OC(C)(C)C)C4)cc3)cc2)cn1. The molecule has 1 heterocycles. The van der Waals surface area contributed by atoms with Crippen molar-refractivity contribution in [3.8, 4) is 17.2 Å². The molecule has 1 aliphatic carbocycles. The number of aromatic nitrogens is 2. The fourth-order valence-corrected chi connectivity index (χ4v) is 4.33. The van der Waals surface area contributed by atoms with Gasteiger partial charge in [-0.25, -0.2) is 14.8 Å². The minimum Gasteiger partial charge on any atom is -0.490 e. The summed E-state index contributed by atoms with van der Waals surface area (Å²) in [6.07, 6.45) is 3.92. The number of benzene rings is 2. The van der Waals surface area contributed by atoms with Gasteiger partial charge in [-0.15, -0.1) is 0 Å². The molecule has 222 valence electrons. The highest BCUT2D eigenvalue weighted by molar-refractivity contribution is 5.91. The molecule has 1 fully saturated rings. The van der Waals surface area contributed by atoms with Gasteiger partial charge < -0.3 is 19.5 Å². The Morgan fingerprint density at radius 3 is 1.86 bits per heavy atom. The van der Waals surface area contributed by atoms with Gasteiger partial charge in [0.1, 0.15) is 23.2 Å². The van der Waals surface area contributed by atoms with Gasteiger partial charge >= 0.3 is 12.0 Å². The number of ether oxygens (including phenoxy) is 3. The maximum Gasteiger partial charge on any atom is 0.407 e. The van der Waals surface area contributed by atoms with Crippen molar-refractivity contribution in [3.63, 3.8) is 0 Å². The molecule has 0 saturated heterocycles. The number of rotatable bonds is 8. The molecule has 0 unspecified atom stereocenters. The lowest BCUT2D eigenvalue weighted by atomic mass is 9.78. The molecule has 2 aromatic carbocycles. The van der Waals surface area contributed by atoms with E-state index in [1.807, 2.05) is 57.2 Å². The van der Waals surface area contributed by atoms with E-state index in [1.165, 1.54) is 19.3 Å². The van der Waals surface area contributed by atoms with Crippen LogP contribution in [0.25, 0.3) is 0 Å². The summed E-state index contributed by atoms with van der Waals surface area (Å²) in [5.74, 6) is 0.614. The molecule has 0 radical (unpaired) electrons. The van der Waals surface area contributed by atoms with Gasteiger partial charge in [0.15, 0.2) is 5.75 Å². The fraction of sp³-hybridized carbons (Fsp3) is 0.387. The normalized spacial score (nSPS) is 16.4. The lowest BCUT2D eigenvalue weighted by molar-refractivity contribution is -0.119. The topological polar surface area (TPSA) is 141 Å². The van der Waals surface area contributed by atoms with Crippen LogP contribution >= 0.6 is 0 Å². The van der Waals surface area contributed by atoms with Crippen LogP contribution in [-0.4, -0.2) is 45.6 Å². The molecule has 3 aromatic rings. The zero-order valence-corrected chi connectivity index (χ0v) is 24.7. The van der Waals surface area contributed by atoms with E-state index in [0.29, 0.717) is 11.5 Å². The number of nitrogens with zero attached hydrogens (tertiary/aromatic N) is 2. The first kappa shape index (κ1) is 30.3. The van der Waals surface area contributed by atoms with Crippen LogP contribution in [0.5, 0.6) is 17.2 Å². The zero-order valence-electron chi connectivity index (χ0n) is 24.7. The molecule has 0 atom stereocenters. The maximum absolute atomic E-state index is 11.9. The Morgan fingerprint density at radius 1 is 0.786 bits per heavy atom. The maximum atomic E-state index is 11.9. The number of carbonyl (C=O) groups is 3. The predicted molar refractivity (Wildman–Crippen MR) is 155 cm³/mol. The molecule has 1 aliphatic rings. The van der Waals surface area contributed by atoms with Gasteiger partial charge in [-0.3, -0.25) is 20.4 Å². The summed E-state index contributed by atoms with van der Waals surface area (Å²) in [5, 5.41) is 2.88. The molecule has 0 bridgehead atoms. The van der Waals surface area contributed by atoms with E-state index in [1.54, 1.807) is 0 Å². The van der Waals surface area contributed by atoms with Crippen LogP contribution in [0.4, 0.5) is 4.79 Å². The Hall–Kier alpha value is -4.67.